The maximum absolute atomic E-state index is 11.1. The van der Waals surface area contributed by atoms with Crippen molar-refractivity contribution in [3.05, 3.63) is 0 Å². The van der Waals surface area contributed by atoms with Crippen LogP contribution in [0.1, 0.15) is 19.3 Å². The first kappa shape index (κ1) is 15.4. The summed E-state index contributed by atoms with van der Waals surface area (Å²) in [6.45, 7) is 7.17. The Morgan fingerprint density at radius 1 is 1.00 bits per heavy atom. The lowest BCUT2D eigenvalue weighted by Gasteiger charge is -2.34. The predicted octanol–water partition coefficient (Wildman–Crippen LogP) is 0.594. The highest BCUT2D eigenvalue weighted by Gasteiger charge is 2.16. The van der Waals surface area contributed by atoms with Crippen LogP contribution >= 0.6 is 0 Å². The van der Waals surface area contributed by atoms with Crippen molar-refractivity contribution in [1.82, 2.24) is 9.80 Å². The van der Waals surface area contributed by atoms with Gasteiger partial charge in [0.25, 0.3) is 0 Å². The van der Waals surface area contributed by atoms with Gasteiger partial charge >= 0.3 is 5.97 Å². The zero-order chi connectivity index (χ0) is 13.2. The Morgan fingerprint density at radius 3 is 2.17 bits per heavy atom. The minimum atomic E-state index is -0.114. The van der Waals surface area contributed by atoms with Crippen molar-refractivity contribution < 1.29 is 14.3 Å². The van der Waals surface area contributed by atoms with E-state index in [0.717, 1.165) is 52.3 Å². The van der Waals surface area contributed by atoms with E-state index in [9.17, 15) is 4.79 Å². The second kappa shape index (κ2) is 9.30. The molecule has 0 N–H and O–H groups in total. The number of esters is 1. The van der Waals surface area contributed by atoms with Crippen molar-refractivity contribution in [3.8, 4) is 0 Å². The molecule has 0 aliphatic carbocycles. The third-order valence-corrected chi connectivity index (χ3v) is 3.40. The first-order valence-electron chi connectivity index (χ1n) is 6.76. The van der Waals surface area contributed by atoms with E-state index in [1.807, 2.05) is 0 Å². The summed E-state index contributed by atoms with van der Waals surface area (Å²) in [6, 6.07) is 0. The van der Waals surface area contributed by atoms with Crippen molar-refractivity contribution in [2.45, 2.75) is 19.3 Å². The summed E-state index contributed by atoms with van der Waals surface area (Å²) in [4.78, 5) is 15.9. The summed E-state index contributed by atoms with van der Waals surface area (Å²) in [5.74, 6) is -0.114. The molecule has 1 aliphatic rings. The quantitative estimate of drug-likeness (QED) is 0.471. The molecule has 0 bridgehead atoms. The number of rotatable bonds is 8. The van der Waals surface area contributed by atoms with Gasteiger partial charge in [-0.3, -0.25) is 4.79 Å². The van der Waals surface area contributed by atoms with Gasteiger partial charge in [-0.25, -0.2) is 0 Å². The molecule has 0 unspecified atom stereocenters. The molecule has 0 aromatic rings. The fraction of sp³-hybridized carbons (Fsp3) is 0.923. The van der Waals surface area contributed by atoms with Crippen LogP contribution in [-0.2, 0) is 14.3 Å². The van der Waals surface area contributed by atoms with E-state index >= 15 is 0 Å². The summed E-state index contributed by atoms with van der Waals surface area (Å²) in [7, 11) is 3.19. The summed E-state index contributed by atoms with van der Waals surface area (Å²) >= 11 is 0. The fourth-order valence-corrected chi connectivity index (χ4v) is 2.17. The molecule has 5 heteroatoms. The summed E-state index contributed by atoms with van der Waals surface area (Å²) in [5, 5.41) is 0. The molecule has 0 radical (unpaired) electrons. The second-order valence-electron chi connectivity index (χ2n) is 4.71. The predicted molar refractivity (Wildman–Crippen MR) is 70.6 cm³/mol. The van der Waals surface area contributed by atoms with E-state index in [1.165, 1.54) is 13.5 Å². The Hall–Kier alpha value is -0.650. The van der Waals surface area contributed by atoms with Crippen LogP contribution in [-0.4, -0.2) is 75.9 Å². The van der Waals surface area contributed by atoms with E-state index in [1.54, 1.807) is 7.11 Å². The Balaban J connectivity index is 2.03. The minimum Gasteiger partial charge on any atom is -0.469 e. The smallest absolute Gasteiger partial charge is 0.306 e. The highest BCUT2D eigenvalue weighted by Crippen LogP contribution is 2.04. The van der Waals surface area contributed by atoms with Gasteiger partial charge in [-0.2, -0.15) is 0 Å². The Labute approximate surface area is 110 Å². The van der Waals surface area contributed by atoms with Crippen LogP contribution in [0.15, 0.2) is 0 Å². The van der Waals surface area contributed by atoms with Crippen LogP contribution in [0.25, 0.3) is 0 Å². The third-order valence-electron chi connectivity index (χ3n) is 3.40. The van der Waals surface area contributed by atoms with Crippen LogP contribution in [0.2, 0.25) is 0 Å². The highest BCUT2D eigenvalue weighted by atomic mass is 16.5. The monoisotopic (exact) mass is 258 g/mol. The molecular weight excluding hydrogens is 232 g/mol. The number of piperazine rings is 1. The number of hydrogen-bond donors (Lipinski definition) is 0. The van der Waals surface area contributed by atoms with Gasteiger partial charge in [-0.05, 0) is 19.4 Å². The molecule has 0 saturated carbocycles. The first-order chi connectivity index (χ1) is 8.76. The van der Waals surface area contributed by atoms with Gasteiger partial charge in [-0.15, -0.1) is 0 Å². The first-order valence-corrected chi connectivity index (χ1v) is 6.76. The van der Waals surface area contributed by atoms with Gasteiger partial charge < -0.3 is 19.3 Å². The molecule has 106 valence electrons. The van der Waals surface area contributed by atoms with E-state index in [-0.39, 0.29) is 5.97 Å². The maximum Gasteiger partial charge on any atom is 0.306 e. The van der Waals surface area contributed by atoms with Gasteiger partial charge in [-0.1, -0.05) is 0 Å². The van der Waals surface area contributed by atoms with Crippen molar-refractivity contribution >= 4 is 5.97 Å². The molecule has 1 fully saturated rings. The van der Waals surface area contributed by atoms with Crippen molar-refractivity contribution in [2.75, 3.05) is 60.1 Å². The van der Waals surface area contributed by atoms with Crippen LogP contribution in [0.3, 0.4) is 0 Å². The van der Waals surface area contributed by atoms with Crippen LogP contribution < -0.4 is 0 Å². The van der Waals surface area contributed by atoms with Gasteiger partial charge in [0.1, 0.15) is 0 Å². The van der Waals surface area contributed by atoms with Crippen LogP contribution in [0.4, 0.5) is 0 Å². The topological polar surface area (TPSA) is 42.0 Å². The summed E-state index contributed by atoms with van der Waals surface area (Å²) < 4.78 is 9.69. The number of ether oxygens (including phenoxy) is 2. The minimum absolute atomic E-state index is 0.114. The van der Waals surface area contributed by atoms with Crippen molar-refractivity contribution in [3.63, 3.8) is 0 Å². The third kappa shape index (κ3) is 6.33. The molecule has 1 heterocycles. The zero-order valence-electron chi connectivity index (χ0n) is 11.7. The number of carbonyl (C=O) groups excluding carboxylic acids is 1. The Bertz CT molecular complexity index is 228. The molecule has 18 heavy (non-hydrogen) atoms. The largest absolute Gasteiger partial charge is 0.469 e. The molecule has 5 nitrogen and oxygen atoms in total. The fourth-order valence-electron chi connectivity index (χ4n) is 2.17. The standard InChI is InChI=1S/C13H26N2O3/c1-17-12-4-3-6-14-8-10-15(11-9-14)7-5-13(16)18-2/h3-12H2,1-2H3. The number of carbonyl (C=O) groups is 1. The highest BCUT2D eigenvalue weighted by molar-refractivity contribution is 5.69. The number of hydrogen-bond acceptors (Lipinski definition) is 5. The Kier molecular flexibility index (Phi) is 7.96. The second-order valence-corrected chi connectivity index (χ2v) is 4.71. The number of methoxy groups -OCH3 is 2. The molecule has 0 aromatic heterocycles. The molecule has 0 aromatic carbocycles. The number of unbranched alkanes of at least 4 members (excludes halogenated alkanes) is 1. The summed E-state index contributed by atoms with van der Waals surface area (Å²) in [6.07, 6.45) is 2.85. The lowest BCUT2D eigenvalue weighted by atomic mass is 10.2. The van der Waals surface area contributed by atoms with Gasteiger partial charge in [0.05, 0.1) is 13.5 Å². The summed E-state index contributed by atoms with van der Waals surface area (Å²) in [5.41, 5.74) is 0. The molecule has 1 saturated heterocycles. The van der Waals surface area contributed by atoms with Crippen LogP contribution in [0, 0.1) is 0 Å². The lowest BCUT2D eigenvalue weighted by Crippen LogP contribution is -2.47. The van der Waals surface area contributed by atoms with E-state index < -0.39 is 0 Å². The van der Waals surface area contributed by atoms with Crippen molar-refractivity contribution in [1.29, 1.82) is 0 Å². The van der Waals surface area contributed by atoms with E-state index in [4.69, 9.17) is 4.74 Å². The lowest BCUT2D eigenvalue weighted by molar-refractivity contribution is -0.141. The normalized spacial score (nSPS) is 17.9. The molecule has 0 amide bonds. The van der Waals surface area contributed by atoms with Gasteiger partial charge in [0, 0.05) is 46.4 Å². The molecule has 0 atom stereocenters. The van der Waals surface area contributed by atoms with E-state index in [2.05, 4.69) is 14.5 Å². The molecular formula is C13H26N2O3. The Morgan fingerprint density at radius 2 is 1.61 bits per heavy atom. The zero-order valence-corrected chi connectivity index (χ0v) is 11.7. The molecule has 1 rings (SSSR count). The van der Waals surface area contributed by atoms with Gasteiger partial charge in [0.2, 0.25) is 0 Å². The molecule has 1 aliphatic heterocycles. The van der Waals surface area contributed by atoms with Gasteiger partial charge in [0.15, 0.2) is 0 Å². The van der Waals surface area contributed by atoms with Crippen LogP contribution in [0.5, 0.6) is 0 Å². The average molecular weight is 258 g/mol. The molecule has 0 spiro atoms. The average Bonchev–Trinajstić information content (AvgIpc) is 2.42. The number of nitrogens with zero attached hydrogens (tertiary/aromatic N) is 2. The SMILES string of the molecule is COCCCCN1CCN(CCC(=O)OC)CC1. The maximum atomic E-state index is 11.1. The van der Waals surface area contributed by atoms with Crippen molar-refractivity contribution in [2.24, 2.45) is 0 Å². The van der Waals surface area contributed by atoms with E-state index in [0.29, 0.717) is 6.42 Å².